The van der Waals surface area contributed by atoms with Crippen molar-refractivity contribution in [3.05, 3.63) is 28.0 Å². The van der Waals surface area contributed by atoms with Crippen LogP contribution in [-0.4, -0.2) is 10.1 Å². The first-order chi connectivity index (χ1) is 7.29. The number of aromatic nitrogens is 1. The molecule has 16 heavy (non-hydrogen) atoms. The van der Waals surface area contributed by atoms with Crippen LogP contribution in [0.15, 0.2) is 6.20 Å². The van der Waals surface area contributed by atoms with Crippen LogP contribution >= 0.6 is 11.6 Å². The lowest BCUT2D eigenvalue weighted by Gasteiger charge is -2.14. The van der Waals surface area contributed by atoms with Crippen molar-refractivity contribution in [2.75, 3.05) is 0 Å². The van der Waals surface area contributed by atoms with Crippen LogP contribution in [0, 0.1) is 0 Å². The molecule has 0 aliphatic carbocycles. The van der Waals surface area contributed by atoms with Gasteiger partial charge in [0.05, 0.1) is 17.2 Å². The third-order valence-corrected chi connectivity index (χ3v) is 2.23. The van der Waals surface area contributed by atoms with Crippen molar-refractivity contribution in [1.82, 2.24) is 4.98 Å². The van der Waals surface area contributed by atoms with Gasteiger partial charge in [-0.1, -0.05) is 11.6 Å². The number of hydrogen-bond acceptors (Lipinski definition) is 2. The summed E-state index contributed by atoms with van der Waals surface area (Å²) in [5.41, 5.74) is -3.41. The van der Waals surface area contributed by atoms with E-state index in [0.29, 0.717) is 6.20 Å². The molecule has 1 N–H and O–H groups in total. The molecule has 0 atom stereocenters. The summed E-state index contributed by atoms with van der Waals surface area (Å²) in [5.74, 6) is 0. The average molecular weight is 262 g/mol. The smallest absolute Gasteiger partial charge is 0.392 e. The first kappa shape index (κ1) is 13.1. The monoisotopic (exact) mass is 261 g/mol. The van der Waals surface area contributed by atoms with Crippen molar-refractivity contribution in [2.45, 2.75) is 19.2 Å². The number of nitrogens with zero attached hydrogens (tertiary/aromatic N) is 1. The molecule has 0 aliphatic heterocycles. The molecule has 0 aromatic carbocycles. The Balaban J connectivity index is 3.47. The lowest BCUT2D eigenvalue weighted by atomic mass is 10.1. The molecule has 0 spiro atoms. The van der Waals surface area contributed by atoms with E-state index < -0.39 is 35.5 Å². The second kappa shape index (κ2) is 4.50. The molecule has 90 valence electrons. The summed E-state index contributed by atoms with van der Waals surface area (Å²) in [6.07, 6.45) is -7.80. The highest BCUT2D eigenvalue weighted by molar-refractivity contribution is 6.32. The highest BCUT2D eigenvalue weighted by Gasteiger charge is 2.39. The molecule has 0 saturated carbocycles. The molecule has 0 amide bonds. The lowest BCUT2D eigenvalue weighted by Crippen LogP contribution is -2.14. The molecule has 8 heteroatoms. The third kappa shape index (κ3) is 2.41. The van der Waals surface area contributed by atoms with Gasteiger partial charge < -0.3 is 5.11 Å². The maximum Gasteiger partial charge on any atom is 0.433 e. The highest BCUT2D eigenvalue weighted by atomic mass is 35.5. The van der Waals surface area contributed by atoms with E-state index in [1.807, 2.05) is 0 Å². The molecule has 0 unspecified atom stereocenters. The highest BCUT2D eigenvalue weighted by Crippen LogP contribution is 2.39. The Labute approximate surface area is 91.7 Å². The van der Waals surface area contributed by atoms with Gasteiger partial charge in [0.25, 0.3) is 6.43 Å². The maximum absolute atomic E-state index is 12.4. The van der Waals surface area contributed by atoms with Crippen LogP contribution in [0.2, 0.25) is 5.02 Å². The van der Waals surface area contributed by atoms with Crippen molar-refractivity contribution in [3.63, 3.8) is 0 Å². The van der Waals surface area contributed by atoms with E-state index in [-0.39, 0.29) is 5.56 Å². The topological polar surface area (TPSA) is 33.1 Å². The summed E-state index contributed by atoms with van der Waals surface area (Å²) in [5, 5.41) is 7.86. The maximum atomic E-state index is 12.4. The Hall–Kier alpha value is -0.950. The van der Waals surface area contributed by atoms with Crippen LogP contribution in [0.3, 0.4) is 0 Å². The molecule has 2 nitrogen and oxygen atoms in total. The van der Waals surface area contributed by atoms with Gasteiger partial charge >= 0.3 is 6.18 Å². The molecule has 0 saturated heterocycles. The zero-order chi connectivity index (χ0) is 12.5. The quantitative estimate of drug-likeness (QED) is 0.830. The van der Waals surface area contributed by atoms with Crippen LogP contribution in [0.4, 0.5) is 22.0 Å². The van der Waals surface area contributed by atoms with E-state index in [9.17, 15) is 22.0 Å². The summed E-state index contributed by atoms with van der Waals surface area (Å²) < 4.78 is 61.8. The third-order valence-electron chi connectivity index (χ3n) is 1.78. The Bertz CT molecular complexity index is 393. The van der Waals surface area contributed by atoms with Crippen molar-refractivity contribution in [1.29, 1.82) is 0 Å². The van der Waals surface area contributed by atoms with Crippen LogP contribution in [0.25, 0.3) is 0 Å². The first-order valence-electron chi connectivity index (χ1n) is 3.92. The molecule has 0 fully saturated rings. The van der Waals surface area contributed by atoms with E-state index in [2.05, 4.69) is 4.98 Å². The van der Waals surface area contributed by atoms with E-state index in [0.717, 1.165) is 0 Å². The minimum absolute atomic E-state index is 0.273. The van der Waals surface area contributed by atoms with Crippen molar-refractivity contribution >= 4 is 11.6 Å². The van der Waals surface area contributed by atoms with Crippen molar-refractivity contribution in [3.8, 4) is 0 Å². The van der Waals surface area contributed by atoms with E-state index in [4.69, 9.17) is 16.7 Å². The summed E-state index contributed by atoms with van der Waals surface area (Å²) >= 11 is 5.34. The summed E-state index contributed by atoms with van der Waals surface area (Å²) in [6.45, 7) is -0.760. The molecule has 1 rings (SSSR count). The molecular formula is C8H5ClF5NO. The van der Waals surface area contributed by atoms with Crippen molar-refractivity contribution < 1.29 is 27.1 Å². The first-order valence-corrected chi connectivity index (χ1v) is 4.30. The van der Waals surface area contributed by atoms with Crippen LogP contribution in [0.1, 0.15) is 23.2 Å². The normalized spacial score (nSPS) is 12.2. The number of halogens is 6. The fraction of sp³-hybridized carbons (Fsp3) is 0.375. The Morgan fingerprint density at radius 1 is 1.38 bits per heavy atom. The molecule has 1 aromatic heterocycles. The molecule has 0 radical (unpaired) electrons. The number of rotatable bonds is 2. The molecule has 1 aromatic rings. The molecule has 0 aliphatic rings. The number of alkyl halides is 5. The SMILES string of the molecule is OCc1cnc(C(F)(F)F)c(C(F)F)c1Cl. The number of aliphatic hydroxyl groups excluding tert-OH is 1. The second-order valence-corrected chi connectivity index (χ2v) is 3.19. The molecule has 1 heterocycles. The number of pyridine rings is 1. The standard InChI is InChI=1S/C8H5ClF5NO/c9-5-3(2-16)1-15-6(8(12,13)14)4(5)7(10)11/h1,7,16H,2H2. The van der Waals surface area contributed by atoms with Gasteiger partial charge in [0.1, 0.15) is 0 Å². The average Bonchev–Trinajstić information content (AvgIpc) is 2.15. The zero-order valence-corrected chi connectivity index (χ0v) is 8.28. The van der Waals surface area contributed by atoms with Crippen LogP contribution < -0.4 is 0 Å². The summed E-state index contributed by atoms with van der Waals surface area (Å²) in [7, 11) is 0. The molecular weight excluding hydrogens is 257 g/mol. The second-order valence-electron chi connectivity index (χ2n) is 2.82. The Kier molecular flexibility index (Phi) is 3.69. The van der Waals surface area contributed by atoms with Crippen molar-refractivity contribution in [2.24, 2.45) is 0 Å². The summed E-state index contributed by atoms with van der Waals surface area (Å²) in [6, 6.07) is 0. The van der Waals surface area contributed by atoms with Gasteiger partial charge in [-0.05, 0) is 0 Å². The van der Waals surface area contributed by atoms with Gasteiger partial charge in [0.15, 0.2) is 5.69 Å². The molecule has 0 bridgehead atoms. The minimum atomic E-state index is -5.01. The van der Waals surface area contributed by atoms with Gasteiger partial charge in [0.2, 0.25) is 0 Å². The van der Waals surface area contributed by atoms with Crippen LogP contribution in [-0.2, 0) is 12.8 Å². The fourth-order valence-electron chi connectivity index (χ4n) is 1.08. The van der Waals surface area contributed by atoms with Gasteiger partial charge in [0, 0.05) is 11.8 Å². The Morgan fingerprint density at radius 2 is 1.94 bits per heavy atom. The van der Waals surface area contributed by atoms with Gasteiger partial charge in [-0.15, -0.1) is 0 Å². The fourth-order valence-corrected chi connectivity index (χ4v) is 1.36. The predicted octanol–water partition coefficient (Wildman–Crippen LogP) is 3.18. The number of hydrogen-bond donors (Lipinski definition) is 1. The minimum Gasteiger partial charge on any atom is -0.392 e. The van der Waals surface area contributed by atoms with E-state index in [1.54, 1.807) is 0 Å². The van der Waals surface area contributed by atoms with E-state index in [1.165, 1.54) is 0 Å². The van der Waals surface area contributed by atoms with Gasteiger partial charge in [-0.2, -0.15) is 13.2 Å². The Morgan fingerprint density at radius 3 is 2.31 bits per heavy atom. The largest absolute Gasteiger partial charge is 0.433 e. The number of aliphatic hydroxyl groups is 1. The van der Waals surface area contributed by atoms with E-state index >= 15 is 0 Å². The van der Waals surface area contributed by atoms with Gasteiger partial charge in [-0.25, -0.2) is 8.78 Å². The van der Waals surface area contributed by atoms with Crippen LogP contribution in [0.5, 0.6) is 0 Å². The summed E-state index contributed by atoms with van der Waals surface area (Å²) in [4.78, 5) is 2.85. The lowest BCUT2D eigenvalue weighted by molar-refractivity contribution is -0.143. The predicted molar refractivity (Wildman–Crippen MR) is 45.1 cm³/mol. The zero-order valence-electron chi connectivity index (χ0n) is 7.52. The van der Waals surface area contributed by atoms with Gasteiger partial charge in [-0.3, -0.25) is 4.98 Å².